The second-order valence-electron chi connectivity index (χ2n) is 6.37. The molecule has 0 saturated carbocycles. The van der Waals surface area contributed by atoms with Crippen molar-refractivity contribution in [2.24, 2.45) is 0 Å². The van der Waals surface area contributed by atoms with Gasteiger partial charge in [-0.3, -0.25) is 9.59 Å². The highest BCUT2D eigenvalue weighted by atomic mass is 16.5. The Bertz CT molecular complexity index is 1170. The van der Waals surface area contributed by atoms with Crippen LogP contribution in [0.5, 0.6) is 11.5 Å². The standard InChI is InChI=1S/C24H18N2O3/c27-23(21-15-16-22(26-24(21)28)17-7-3-1-4-8-17)25-18-11-13-20(14-12-18)29-19-9-5-2-6-10-19/h1-16H,(H,25,27)(H,26,28). The molecule has 0 bridgehead atoms. The number of anilines is 1. The third-order valence-electron chi connectivity index (χ3n) is 4.33. The Morgan fingerprint density at radius 2 is 1.34 bits per heavy atom. The molecule has 142 valence electrons. The highest BCUT2D eigenvalue weighted by Crippen LogP contribution is 2.23. The summed E-state index contributed by atoms with van der Waals surface area (Å²) in [6.45, 7) is 0. The van der Waals surface area contributed by atoms with Crippen molar-refractivity contribution in [1.29, 1.82) is 0 Å². The number of para-hydroxylation sites is 1. The van der Waals surface area contributed by atoms with Crippen molar-refractivity contribution in [3.63, 3.8) is 0 Å². The van der Waals surface area contributed by atoms with Crippen molar-refractivity contribution in [2.75, 3.05) is 5.32 Å². The fourth-order valence-corrected chi connectivity index (χ4v) is 2.87. The lowest BCUT2D eigenvalue weighted by molar-refractivity contribution is 0.102. The number of benzene rings is 3. The van der Waals surface area contributed by atoms with Crippen LogP contribution in [-0.4, -0.2) is 10.9 Å². The van der Waals surface area contributed by atoms with Crippen molar-refractivity contribution in [1.82, 2.24) is 4.98 Å². The summed E-state index contributed by atoms with van der Waals surface area (Å²) in [5.74, 6) is 0.913. The minimum absolute atomic E-state index is 0.0503. The van der Waals surface area contributed by atoms with E-state index in [1.807, 2.05) is 60.7 Å². The van der Waals surface area contributed by atoms with Gasteiger partial charge in [0, 0.05) is 11.4 Å². The van der Waals surface area contributed by atoms with Crippen molar-refractivity contribution in [3.05, 3.63) is 113 Å². The maximum absolute atomic E-state index is 12.5. The Labute approximate surface area is 167 Å². The third kappa shape index (κ3) is 4.42. The van der Waals surface area contributed by atoms with Gasteiger partial charge in [0.05, 0.1) is 0 Å². The van der Waals surface area contributed by atoms with E-state index in [0.29, 0.717) is 17.1 Å². The van der Waals surface area contributed by atoms with Crippen molar-refractivity contribution < 1.29 is 9.53 Å². The molecule has 0 atom stereocenters. The maximum atomic E-state index is 12.5. The molecule has 4 aromatic rings. The molecule has 3 aromatic carbocycles. The van der Waals surface area contributed by atoms with E-state index in [-0.39, 0.29) is 5.56 Å². The lowest BCUT2D eigenvalue weighted by atomic mass is 10.1. The van der Waals surface area contributed by atoms with Gasteiger partial charge in [0.1, 0.15) is 17.1 Å². The van der Waals surface area contributed by atoms with Gasteiger partial charge in [0.25, 0.3) is 11.5 Å². The lowest BCUT2D eigenvalue weighted by Gasteiger charge is -2.08. The number of ether oxygens (including phenoxy) is 1. The van der Waals surface area contributed by atoms with Crippen LogP contribution in [0.3, 0.4) is 0 Å². The topological polar surface area (TPSA) is 71.2 Å². The number of carbonyl (C=O) groups is 1. The predicted octanol–water partition coefficient (Wildman–Crippen LogP) is 5.09. The smallest absolute Gasteiger partial charge is 0.261 e. The molecule has 4 rings (SSSR count). The normalized spacial score (nSPS) is 10.3. The van der Waals surface area contributed by atoms with Gasteiger partial charge in [-0.25, -0.2) is 0 Å². The van der Waals surface area contributed by atoms with E-state index in [1.165, 1.54) is 6.07 Å². The van der Waals surface area contributed by atoms with E-state index < -0.39 is 11.5 Å². The Balaban J connectivity index is 1.46. The molecule has 2 N–H and O–H groups in total. The monoisotopic (exact) mass is 382 g/mol. The summed E-state index contributed by atoms with van der Waals surface area (Å²) in [5, 5.41) is 2.73. The zero-order valence-corrected chi connectivity index (χ0v) is 15.5. The van der Waals surface area contributed by atoms with E-state index >= 15 is 0 Å². The number of hydrogen-bond acceptors (Lipinski definition) is 3. The molecule has 0 fully saturated rings. The number of aromatic amines is 1. The fraction of sp³-hybridized carbons (Fsp3) is 0. The number of aromatic nitrogens is 1. The van der Waals surface area contributed by atoms with Gasteiger partial charge < -0.3 is 15.0 Å². The van der Waals surface area contributed by atoms with Gasteiger partial charge in [0.2, 0.25) is 0 Å². The first-order chi connectivity index (χ1) is 14.2. The zero-order chi connectivity index (χ0) is 20.1. The first kappa shape index (κ1) is 18.3. The fourth-order valence-electron chi connectivity index (χ4n) is 2.87. The summed E-state index contributed by atoms with van der Waals surface area (Å²) in [5.41, 5.74) is 1.73. The number of nitrogens with one attached hydrogen (secondary N) is 2. The van der Waals surface area contributed by atoms with Crippen LogP contribution in [0.4, 0.5) is 5.69 Å². The summed E-state index contributed by atoms with van der Waals surface area (Å²) in [6, 6.07) is 29.1. The quantitative estimate of drug-likeness (QED) is 0.505. The molecular weight excluding hydrogens is 364 g/mol. The van der Waals surface area contributed by atoms with Gasteiger partial charge in [-0.1, -0.05) is 48.5 Å². The van der Waals surface area contributed by atoms with Crippen LogP contribution in [0, 0.1) is 0 Å². The average Bonchev–Trinajstić information content (AvgIpc) is 2.76. The molecule has 0 radical (unpaired) electrons. The van der Waals surface area contributed by atoms with E-state index in [0.717, 1.165) is 11.3 Å². The summed E-state index contributed by atoms with van der Waals surface area (Å²) in [6.07, 6.45) is 0. The van der Waals surface area contributed by atoms with Crippen LogP contribution in [0.25, 0.3) is 11.3 Å². The maximum Gasteiger partial charge on any atom is 0.261 e. The Kier molecular flexibility index (Phi) is 5.21. The molecule has 0 aliphatic carbocycles. The molecule has 5 heteroatoms. The molecule has 0 unspecified atom stereocenters. The van der Waals surface area contributed by atoms with Crippen LogP contribution in [0.2, 0.25) is 0 Å². The molecule has 29 heavy (non-hydrogen) atoms. The molecule has 5 nitrogen and oxygen atoms in total. The van der Waals surface area contributed by atoms with Crippen molar-refractivity contribution >= 4 is 11.6 Å². The molecular formula is C24H18N2O3. The Morgan fingerprint density at radius 1 is 0.724 bits per heavy atom. The molecule has 0 aliphatic heterocycles. The van der Waals surface area contributed by atoms with Gasteiger partial charge in [-0.05, 0) is 54.1 Å². The van der Waals surface area contributed by atoms with Crippen LogP contribution in [-0.2, 0) is 0 Å². The molecule has 0 spiro atoms. The minimum Gasteiger partial charge on any atom is -0.457 e. The average molecular weight is 382 g/mol. The van der Waals surface area contributed by atoms with Crippen LogP contribution in [0.1, 0.15) is 10.4 Å². The predicted molar refractivity (Wildman–Crippen MR) is 113 cm³/mol. The zero-order valence-electron chi connectivity index (χ0n) is 15.5. The SMILES string of the molecule is O=C(Nc1ccc(Oc2ccccc2)cc1)c1ccc(-c2ccccc2)[nH]c1=O. The summed E-state index contributed by atoms with van der Waals surface area (Å²) >= 11 is 0. The molecule has 0 saturated heterocycles. The van der Waals surface area contributed by atoms with Gasteiger partial charge in [-0.2, -0.15) is 0 Å². The molecule has 1 amide bonds. The number of pyridine rings is 1. The second-order valence-corrected chi connectivity index (χ2v) is 6.37. The van der Waals surface area contributed by atoms with Crippen molar-refractivity contribution in [3.8, 4) is 22.8 Å². The summed E-state index contributed by atoms with van der Waals surface area (Å²) < 4.78 is 5.73. The number of H-pyrrole nitrogens is 1. The highest BCUT2D eigenvalue weighted by molar-refractivity contribution is 6.04. The number of rotatable bonds is 5. The number of hydrogen-bond donors (Lipinski definition) is 2. The van der Waals surface area contributed by atoms with E-state index in [2.05, 4.69) is 10.3 Å². The summed E-state index contributed by atoms with van der Waals surface area (Å²) in [4.78, 5) is 27.6. The van der Waals surface area contributed by atoms with Crippen LogP contribution in [0.15, 0.2) is 102 Å². The Hall–Kier alpha value is -4.12. The number of amides is 1. The van der Waals surface area contributed by atoms with Gasteiger partial charge in [0.15, 0.2) is 0 Å². The first-order valence-electron chi connectivity index (χ1n) is 9.12. The molecule has 0 aliphatic rings. The van der Waals surface area contributed by atoms with Gasteiger partial charge in [-0.15, -0.1) is 0 Å². The highest BCUT2D eigenvalue weighted by Gasteiger charge is 2.12. The third-order valence-corrected chi connectivity index (χ3v) is 4.33. The van der Waals surface area contributed by atoms with Crippen LogP contribution >= 0.6 is 0 Å². The van der Waals surface area contributed by atoms with Crippen LogP contribution < -0.4 is 15.6 Å². The number of carbonyl (C=O) groups excluding carboxylic acids is 1. The second kappa shape index (κ2) is 8.27. The van der Waals surface area contributed by atoms with E-state index in [4.69, 9.17) is 4.74 Å². The van der Waals surface area contributed by atoms with E-state index in [1.54, 1.807) is 30.3 Å². The van der Waals surface area contributed by atoms with E-state index in [9.17, 15) is 9.59 Å². The largest absolute Gasteiger partial charge is 0.457 e. The minimum atomic E-state index is -0.470. The van der Waals surface area contributed by atoms with Crippen molar-refractivity contribution in [2.45, 2.75) is 0 Å². The Morgan fingerprint density at radius 3 is 2.00 bits per heavy atom. The first-order valence-corrected chi connectivity index (χ1v) is 9.12. The molecule has 1 aromatic heterocycles. The summed E-state index contributed by atoms with van der Waals surface area (Å²) in [7, 11) is 0. The molecule has 1 heterocycles. The van der Waals surface area contributed by atoms with Gasteiger partial charge >= 0.3 is 0 Å². The lowest BCUT2D eigenvalue weighted by Crippen LogP contribution is -2.23.